The number of hydrogen-bond acceptors (Lipinski definition) is 1. The van der Waals surface area contributed by atoms with Crippen LogP contribution in [0.1, 0.15) is 12.8 Å². The van der Waals surface area contributed by atoms with Crippen molar-refractivity contribution in [3.8, 4) is 0 Å². The van der Waals surface area contributed by atoms with Gasteiger partial charge in [0.15, 0.2) is 0 Å². The quantitative estimate of drug-likeness (QED) is 0.641. The van der Waals surface area contributed by atoms with Gasteiger partial charge in [-0.05, 0) is 12.8 Å². The Morgan fingerprint density at radius 2 is 1.55 bits per heavy atom. The molecule has 4 heteroatoms. The van der Waals surface area contributed by atoms with Crippen molar-refractivity contribution in [2.75, 3.05) is 24.8 Å². The largest absolute Gasteiger partial charge is 0.298 e. The van der Waals surface area contributed by atoms with Crippen LogP contribution in [0.25, 0.3) is 0 Å². The van der Waals surface area contributed by atoms with Gasteiger partial charge in [-0.15, -0.1) is 35.6 Å². The summed E-state index contributed by atoms with van der Waals surface area (Å²) in [6.45, 7) is 2.00. The Hall–Kier alpha value is 0.830. The monoisotopic (exact) mass is 217 g/mol. The van der Waals surface area contributed by atoms with Crippen molar-refractivity contribution < 1.29 is 0 Å². The van der Waals surface area contributed by atoms with Crippen LogP contribution in [0.5, 0.6) is 0 Å². The third-order valence-corrected chi connectivity index (χ3v) is 2.14. The molecule has 0 saturated heterocycles. The number of rotatable bonds is 5. The molecule has 0 unspecified atom stereocenters. The Labute approximate surface area is 84.4 Å². The Morgan fingerprint density at radius 1 is 1.09 bits per heavy atom. The topological polar surface area (TPSA) is 3.24 Å². The lowest BCUT2D eigenvalue weighted by atomic mass is 10.5. The smallest absolute Gasteiger partial charge is 0.0351 e. The molecule has 0 aromatic rings. The van der Waals surface area contributed by atoms with Crippen LogP contribution < -0.4 is 0 Å². The zero-order valence-corrected chi connectivity index (χ0v) is 8.76. The zero-order chi connectivity index (χ0) is 7.40. The van der Waals surface area contributed by atoms with Gasteiger partial charge in [-0.1, -0.05) is 0 Å². The van der Waals surface area contributed by atoms with Crippen LogP contribution in [0.2, 0.25) is 0 Å². The number of alkyl halides is 2. The molecule has 11 heavy (non-hydrogen) atoms. The van der Waals surface area contributed by atoms with E-state index in [9.17, 15) is 0 Å². The molecule has 0 spiro atoms. The minimum absolute atomic E-state index is 0. The minimum Gasteiger partial charge on any atom is -0.298 e. The maximum Gasteiger partial charge on any atom is 0.0351 e. The number of hydrogen-bond donors (Lipinski definition) is 0. The molecular weight excluding hydrogens is 204 g/mol. The van der Waals surface area contributed by atoms with Crippen molar-refractivity contribution in [1.29, 1.82) is 0 Å². The fourth-order valence-electron chi connectivity index (χ4n) is 1.13. The van der Waals surface area contributed by atoms with Gasteiger partial charge in [0.05, 0.1) is 0 Å². The normalized spacial score (nSPS) is 16.6. The second-order valence-electron chi connectivity index (χ2n) is 2.65. The summed E-state index contributed by atoms with van der Waals surface area (Å²) in [6.07, 6.45) is 2.68. The highest BCUT2D eigenvalue weighted by Gasteiger charge is 2.27. The summed E-state index contributed by atoms with van der Waals surface area (Å²) in [4.78, 5) is 2.38. The average molecular weight is 219 g/mol. The molecule has 0 bridgehead atoms. The maximum absolute atomic E-state index is 5.62. The molecule has 1 fully saturated rings. The van der Waals surface area contributed by atoms with Crippen LogP contribution in [0.4, 0.5) is 0 Å². The van der Waals surface area contributed by atoms with E-state index in [-0.39, 0.29) is 12.4 Å². The fraction of sp³-hybridized carbons (Fsp3) is 1.00. The molecule has 68 valence electrons. The van der Waals surface area contributed by atoms with Gasteiger partial charge in [0, 0.05) is 30.9 Å². The predicted molar refractivity (Wildman–Crippen MR) is 53.3 cm³/mol. The summed E-state index contributed by atoms with van der Waals surface area (Å²) in [5.41, 5.74) is 0. The highest BCUT2D eigenvalue weighted by molar-refractivity contribution is 6.18. The van der Waals surface area contributed by atoms with E-state index in [1.807, 2.05) is 0 Å². The van der Waals surface area contributed by atoms with Gasteiger partial charge in [0.25, 0.3) is 0 Å². The van der Waals surface area contributed by atoms with Gasteiger partial charge < -0.3 is 0 Å². The third kappa shape index (κ3) is 4.41. The van der Waals surface area contributed by atoms with Gasteiger partial charge in [-0.3, -0.25) is 4.90 Å². The van der Waals surface area contributed by atoms with Crippen LogP contribution in [0, 0.1) is 0 Å². The van der Waals surface area contributed by atoms with Crippen molar-refractivity contribution in [2.45, 2.75) is 18.9 Å². The molecule has 0 heterocycles. The summed E-state index contributed by atoms with van der Waals surface area (Å²) in [5.74, 6) is 1.46. The summed E-state index contributed by atoms with van der Waals surface area (Å²) in [6, 6.07) is 0.803. The van der Waals surface area contributed by atoms with E-state index < -0.39 is 0 Å². The first-order valence-electron chi connectivity index (χ1n) is 3.74. The van der Waals surface area contributed by atoms with E-state index in [1.54, 1.807) is 0 Å². The molecule has 1 nitrogen and oxygen atoms in total. The molecule has 1 saturated carbocycles. The molecule has 1 rings (SSSR count). The first kappa shape index (κ1) is 11.8. The second-order valence-corrected chi connectivity index (χ2v) is 3.40. The molecule has 0 aliphatic heterocycles. The Kier molecular flexibility index (Phi) is 6.84. The van der Waals surface area contributed by atoms with E-state index >= 15 is 0 Å². The molecule has 1 aliphatic rings. The summed E-state index contributed by atoms with van der Waals surface area (Å²) in [7, 11) is 0. The Bertz CT molecular complexity index is 89.7. The Morgan fingerprint density at radius 3 is 1.82 bits per heavy atom. The van der Waals surface area contributed by atoms with Crippen LogP contribution in [-0.2, 0) is 0 Å². The third-order valence-electron chi connectivity index (χ3n) is 1.81. The summed E-state index contributed by atoms with van der Waals surface area (Å²) in [5, 5.41) is 0. The first-order valence-corrected chi connectivity index (χ1v) is 4.81. The van der Waals surface area contributed by atoms with Crippen molar-refractivity contribution >= 4 is 35.6 Å². The predicted octanol–water partition coefficient (Wildman–Crippen LogP) is 2.35. The minimum atomic E-state index is 0. The van der Waals surface area contributed by atoms with E-state index in [0.29, 0.717) is 0 Å². The molecule has 0 amide bonds. The summed E-state index contributed by atoms with van der Waals surface area (Å²) < 4.78 is 0. The molecule has 1 aliphatic carbocycles. The summed E-state index contributed by atoms with van der Waals surface area (Å²) >= 11 is 11.2. The molecule has 0 aromatic carbocycles. The van der Waals surface area contributed by atoms with E-state index in [4.69, 9.17) is 23.2 Å². The van der Waals surface area contributed by atoms with Crippen molar-refractivity contribution in [1.82, 2.24) is 4.90 Å². The zero-order valence-electron chi connectivity index (χ0n) is 6.43. The van der Waals surface area contributed by atoms with E-state index in [1.165, 1.54) is 12.8 Å². The lowest BCUT2D eigenvalue weighted by Gasteiger charge is -2.18. The SMILES string of the molecule is Cl.ClCCN(CCCl)C1CC1. The van der Waals surface area contributed by atoms with Crippen LogP contribution in [0.3, 0.4) is 0 Å². The maximum atomic E-state index is 5.62. The van der Waals surface area contributed by atoms with Gasteiger partial charge in [0.2, 0.25) is 0 Å². The molecule has 0 radical (unpaired) electrons. The first-order chi connectivity index (χ1) is 4.88. The molecule has 0 atom stereocenters. The lowest BCUT2D eigenvalue weighted by Crippen LogP contribution is -2.29. The van der Waals surface area contributed by atoms with Crippen molar-refractivity contribution in [2.24, 2.45) is 0 Å². The van der Waals surface area contributed by atoms with Gasteiger partial charge in [0.1, 0.15) is 0 Å². The molecule has 0 aromatic heterocycles. The van der Waals surface area contributed by atoms with Crippen LogP contribution >= 0.6 is 35.6 Å². The van der Waals surface area contributed by atoms with Crippen LogP contribution in [-0.4, -0.2) is 35.8 Å². The number of nitrogens with zero attached hydrogens (tertiary/aromatic N) is 1. The fourth-order valence-corrected chi connectivity index (χ4v) is 1.57. The van der Waals surface area contributed by atoms with Gasteiger partial charge in [-0.2, -0.15) is 0 Å². The van der Waals surface area contributed by atoms with Crippen LogP contribution in [0.15, 0.2) is 0 Å². The van der Waals surface area contributed by atoms with E-state index in [2.05, 4.69) is 4.90 Å². The second kappa shape index (κ2) is 6.36. The standard InChI is InChI=1S/C7H13Cl2N.ClH/c8-3-5-10(6-4-9)7-1-2-7;/h7H,1-6H2;1H. The number of halogens is 3. The average Bonchev–Trinajstić information content (AvgIpc) is 2.69. The Balaban J connectivity index is 0.000001000. The van der Waals surface area contributed by atoms with Crippen molar-refractivity contribution in [3.63, 3.8) is 0 Å². The molecular formula is C7H14Cl3N. The highest BCUT2D eigenvalue weighted by Crippen LogP contribution is 2.26. The van der Waals surface area contributed by atoms with Gasteiger partial charge >= 0.3 is 0 Å². The lowest BCUT2D eigenvalue weighted by molar-refractivity contribution is 0.297. The van der Waals surface area contributed by atoms with Gasteiger partial charge in [-0.25, -0.2) is 0 Å². The molecule has 0 N–H and O–H groups in total. The highest BCUT2D eigenvalue weighted by atomic mass is 35.5. The van der Waals surface area contributed by atoms with E-state index in [0.717, 1.165) is 30.9 Å². The van der Waals surface area contributed by atoms with Crippen molar-refractivity contribution in [3.05, 3.63) is 0 Å².